The van der Waals surface area contributed by atoms with Crippen molar-refractivity contribution in [2.24, 2.45) is 0 Å². The molecular formula is C22H24O6. The summed E-state index contributed by atoms with van der Waals surface area (Å²) in [6.07, 6.45) is -4.20. The van der Waals surface area contributed by atoms with Gasteiger partial charge in [-0.1, -0.05) is 59.7 Å². The first kappa shape index (κ1) is 20.4. The normalized spacial score (nSPS) is 25.5. The molecule has 1 fully saturated rings. The second-order valence-corrected chi connectivity index (χ2v) is 7.22. The molecule has 4 atom stereocenters. The molecule has 6 heteroatoms. The SMILES string of the molecule is COC1C[C@](O)(C(=O)c2ccc(C)cc2)[C@H](C(=O)C(O)c2ccc(C)cc2)O1. The van der Waals surface area contributed by atoms with Gasteiger partial charge >= 0.3 is 0 Å². The molecule has 28 heavy (non-hydrogen) atoms. The lowest BCUT2D eigenvalue weighted by Crippen LogP contribution is -2.51. The van der Waals surface area contributed by atoms with Crippen LogP contribution in [0.2, 0.25) is 0 Å². The van der Waals surface area contributed by atoms with Crippen molar-refractivity contribution >= 4 is 11.6 Å². The number of hydrogen-bond donors (Lipinski definition) is 2. The molecule has 2 aromatic carbocycles. The standard InChI is InChI=1S/C22H24O6/c1-13-4-8-15(9-5-13)18(23)19(24)21-22(26,12-17(27-3)28-21)20(25)16-10-6-14(2)7-11-16/h4-11,17-18,21,23,26H,12H2,1-3H3/t17?,18?,21-,22-/m0/s1. The maximum atomic E-state index is 13.0. The van der Waals surface area contributed by atoms with Gasteiger partial charge in [0.05, 0.1) is 0 Å². The van der Waals surface area contributed by atoms with Crippen LogP contribution in [0.4, 0.5) is 0 Å². The predicted octanol–water partition coefficient (Wildman–Crippen LogP) is 2.28. The Balaban J connectivity index is 1.92. The summed E-state index contributed by atoms with van der Waals surface area (Å²) in [6, 6.07) is 13.5. The third kappa shape index (κ3) is 3.77. The van der Waals surface area contributed by atoms with Crippen molar-refractivity contribution in [3.05, 3.63) is 70.8 Å². The molecule has 148 valence electrons. The fraction of sp³-hybridized carbons (Fsp3) is 0.364. The van der Waals surface area contributed by atoms with E-state index in [0.29, 0.717) is 5.56 Å². The number of carbonyl (C=O) groups is 2. The molecule has 0 bridgehead atoms. The van der Waals surface area contributed by atoms with Crippen LogP contribution in [0.25, 0.3) is 0 Å². The molecule has 0 aliphatic carbocycles. The van der Waals surface area contributed by atoms with Crippen LogP contribution in [0.3, 0.4) is 0 Å². The minimum Gasteiger partial charge on any atom is -0.380 e. The Kier molecular flexibility index (Phi) is 5.76. The smallest absolute Gasteiger partial charge is 0.198 e. The first-order chi connectivity index (χ1) is 13.3. The van der Waals surface area contributed by atoms with E-state index in [1.54, 1.807) is 48.5 Å². The number of methoxy groups -OCH3 is 1. The summed E-state index contributed by atoms with van der Waals surface area (Å²) in [6.45, 7) is 3.77. The molecule has 6 nitrogen and oxygen atoms in total. The quantitative estimate of drug-likeness (QED) is 0.743. The van der Waals surface area contributed by atoms with E-state index in [-0.39, 0.29) is 12.0 Å². The summed E-state index contributed by atoms with van der Waals surface area (Å²) in [5, 5.41) is 21.7. The van der Waals surface area contributed by atoms with Gasteiger partial charge in [-0.3, -0.25) is 9.59 Å². The highest BCUT2D eigenvalue weighted by molar-refractivity contribution is 6.07. The predicted molar refractivity (Wildman–Crippen MR) is 102 cm³/mol. The number of aliphatic hydroxyl groups excluding tert-OH is 1. The summed E-state index contributed by atoms with van der Waals surface area (Å²) in [4.78, 5) is 26.0. The zero-order valence-electron chi connectivity index (χ0n) is 16.1. The number of carbonyl (C=O) groups excluding carboxylic acids is 2. The topological polar surface area (TPSA) is 93.1 Å². The van der Waals surface area contributed by atoms with Gasteiger partial charge < -0.3 is 19.7 Å². The molecule has 0 spiro atoms. The monoisotopic (exact) mass is 384 g/mol. The van der Waals surface area contributed by atoms with Gasteiger partial charge in [0.15, 0.2) is 29.6 Å². The second-order valence-electron chi connectivity index (χ2n) is 7.22. The summed E-state index contributed by atoms with van der Waals surface area (Å²) in [5.74, 6) is -1.42. The molecule has 0 saturated carbocycles. The molecule has 0 aromatic heterocycles. The van der Waals surface area contributed by atoms with Crippen LogP contribution in [0.15, 0.2) is 48.5 Å². The highest BCUT2D eigenvalue weighted by Crippen LogP contribution is 2.37. The average molecular weight is 384 g/mol. The Bertz CT molecular complexity index is 858. The van der Waals surface area contributed by atoms with Crippen LogP contribution in [-0.4, -0.2) is 46.9 Å². The second kappa shape index (κ2) is 7.93. The van der Waals surface area contributed by atoms with E-state index in [2.05, 4.69) is 0 Å². The van der Waals surface area contributed by atoms with Gasteiger partial charge in [-0.05, 0) is 19.4 Å². The first-order valence-electron chi connectivity index (χ1n) is 9.06. The van der Waals surface area contributed by atoms with Crippen LogP contribution < -0.4 is 0 Å². The Morgan fingerprint density at radius 2 is 1.61 bits per heavy atom. The maximum absolute atomic E-state index is 13.0. The largest absolute Gasteiger partial charge is 0.380 e. The molecule has 2 unspecified atom stereocenters. The van der Waals surface area contributed by atoms with Crippen LogP contribution in [0.5, 0.6) is 0 Å². The van der Waals surface area contributed by atoms with Crippen molar-refractivity contribution in [3.63, 3.8) is 0 Å². The van der Waals surface area contributed by atoms with E-state index < -0.39 is 35.7 Å². The van der Waals surface area contributed by atoms with Crippen molar-refractivity contribution in [2.75, 3.05) is 7.11 Å². The number of Topliss-reactive ketones (excluding diaryl/α,β-unsaturated/α-hetero) is 2. The van der Waals surface area contributed by atoms with Crippen molar-refractivity contribution in [1.29, 1.82) is 0 Å². The minimum absolute atomic E-state index is 0.201. The Morgan fingerprint density at radius 3 is 2.14 bits per heavy atom. The molecular weight excluding hydrogens is 360 g/mol. The minimum atomic E-state index is -2.13. The van der Waals surface area contributed by atoms with Gasteiger partial charge in [0, 0.05) is 19.1 Å². The molecule has 1 heterocycles. The number of ketones is 2. The number of ether oxygens (including phenoxy) is 2. The first-order valence-corrected chi connectivity index (χ1v) is 9.06. The van der Waals surface area contributed by atoms with Gasteiger partial charge in [0.25, 0.3) is 0 Å². The molecule has 3 rings (SSSR count). The number of hydrogen-bond acceptors (Lipinski definition) is 6. The Morgan fingerprint density at radius 1 is 1.07 bits per heavy atom. The van der Waals surface area contributed by atoms with Crippen LogP contribution in [0, 0.1) is 13.8 Å². The summed E-state index contributed by atoms with van der Waals surface area (Å²) < 4.78 is 10.6. The zero-order chi connectivity index (χ0) is 20.5. The van der Waals surface area contributed by atoms with Crippen LogP contribution >= 0.6 is 0 Å². The molecule has 1 aliphatic heterocycles. The molecule has 2 aromatic rings. The molecule has 1 saturated heterocycles. The number of aliphatic hydroxyl groups is 2. The van der Waals surface area contributed by atoms with Crippen molar-refractivity contribution in [2.45, 2.75) is 44.4 Å². The lowest BCUT2D eigenvalue weighted by molar-refractivity contribution is -0.159. The summed E-state index contributed by atoms with van der Waals surface area (Å²) in [7, 11) is 1.37. The lowest BCUT2D eigenvalue weighted by Gasteiger charge is -2.27. The fourth-order valence-corrected chi connectivity index (χ4v) is 3.34. The van der Waals surface area contributed by atoms with Gasteiger partial charge in [-0.15, -0.1) is 0 Å². The van der Waals surface area contributed by atoms with Crippen LogP contribution in [-0.2, 0) is 14.3 Å². The van der Waals surface area contributed by atoms with E-state index in [1.165, 1.54) is 7.11 Å². The summed E-state index contributed by atoms with van der Waals surface area (Å²) in [5.41, 5.74) is 0.439. The van der Waals surface area contributed by atoms with E-state index in [4.69, 9.17) is 9.47 Å². The third-order valence-corrected chi connectivity index (χ3v) is 5.09. The maximum Gasteiger partial charge on any atom is 0.198 e. The van der Waals surface area contributed by atoms with E-state index in [0.717, 1.165) is 11.1 Å². The molecule has 1 aliphatic rings. The van der Waals surface area contributed by atoms with Crippen LogP contribution in [0.1, 0.15) is 39.6 Å². The van der Waals surface area contributed by atoms with E-state index in [9.17, 15) is 19.8 Å². The average Bonchev–Trinajstić information content (AvgIpc) is 3.05. The van der Waals surface area contributed by atoms with Gasteiger partial charge in [-0.2, -0.15) is 0 Å². The van der Waals surface area contributed by atoms with Crippen molar-refractivity contribution in [3.8, 4) is 0 Å². The van der Waals surface area contributed by atoms with E-state index >= 15 is 0 Å². The number of rotatable bonds is 6. The van der Waals surface area contributed by atoms with Crippen molar-refractivity contribution < 1.29 is 29.3 Å². The Labute approximate surface area is 163 Å². The third-order valence-electron chi connectivity index (χ3n) is 5.09. The van der Waals surface area contributed by atoms with E-state index in [1.807, 2.05) is 13.8 Å². The highest BCUT2D eigenvalue weighted by atomic mass is 16.7. The zero-order valence-corrected chi connectivity index (χ0v) is 16.1. The van der Waals surface area contributed by atoms with Gasteiger partial charge in [-0.25, -0.2) is 0 Å². The van der Waals surface area contributed by atoms with Gasteiger partial charge in [0.2, 0.25) is 0 Å². The summed E-state index contributed by atoms with van der Waals surface area (Å²) >= 11 is 0. The number of benzene rings is 2. The van der Waals surface area contributed by atoms with Gasteiger partial charge in [0.1, 0.15) is 6.10 Å². The molecule has 2 N–H and O–H groups in total. The lowest BCUT2D eigenvalue weighted by atomic mass is 9.82. The Hall–Kier alpha value is -2.38. The fourth-order valence-electron chi connectivity index (χ4n) is 3.34. The highest BCUT2D eigenvalue weighted by Gasteiger charge is 2.57. The number of aryl methyl sites for hydroxylation is 2. The molecule has 0 radical (unpaired) electrons. The molecule has 0 amide bonds. The van der Waals surface area contributed by atoms with Crippen molar-refractivity contribution in [1.82, 2.24) is 0 Å².